The van der Waals surface area contributed by atoms with E-state index >= 15 is 0 Å². The molecule has 0 aliphatic rings. The van der Waals surface area contributed by atoms with Gasteiger partial charge in [0.1, 0.15) is 5.56 Å². The molecule has 0 saturated heterocycles. The second kappa shape index (κ2) is 6.29. The molecule has 0 heterocycles. The number of nitrogen functional groups attached to an aromatic ring is 1. The Labute approximate surface area is 115 Å². The van der Waals surface area contributed by atoms with E-state index in [1.807, 2.05) is 0 Å². The van der Waals surface area contributed by atoms with Crippen molar-refractivity contribution in [1.29, 1.82) is 0 Å². The van der Waals surface area contributed by atoms with Crippen LogP contribution in [0.1, 0.15) is 31.1 Å². The smallest absolute Gasteiger partial charge is 0.285 e. The van der Waals surface area contributed by atoms with Crippen LogP contribution in [0.2, 0.25) is 0 Å². The minimum Gasteiger partial charge on any atom is -0.336 e. The number of halogens is 1. The Morgan fingerprint density at radius 2 is 2.15 bits per heavy atom. The highest BCUT2D eigenvalue weighted by Crippen LogP contribution is 2.27. The van der Waals surface area contributed by atoms with E-state index < -0.39 is 22.3 Å². The van der Waals surface area contributed by atoms with Crippen molar-refractivity contribution in [2.75, 3.05) is 12.0 Å². The van der Waals surface area contributed by atoms with Gasteiger partial charge in [-0.15, -0.1) is 0 Å². The summed E-state index contributed by atoms with van der Waals surface area (Å²) < 4.78 is 13.5. The van der Waals surface area contributed by atoms with Gasteiger partial charge in [0.05, 0.1) is 16.7 Å². The second-order valence-electron chi connectivity index (χ2n) is 4.44. The quantitative estimate of drug-likeness (QED) is 0.488. The second-order valence-corrected chi connectivity index (χ2v) is 4.44. The zero-order valence-electron chi connectivity index (χ0n) is 11.5. The zero-order chi connectivity index (χ0) is 15.4. The standard InChI is InChI=1S/C12H17FN4O3/c1-4-16(7(2)3)12(18)8-5-10(15-14)9(13)6-11(8)17(19)20/h5-7,15H,4,14H2,1-3H3. The molecule has 0 aliphatic carbocycles. The van der Waals surface area contributed by atoms with Gasteiger partial charge in [-0.05, 0) is 26.8 Å². The molecule has 3 N–H and O–H groups in total. The van der Waals surface area contributed by atoms with Gasteiger partial charge < -0.3 is 10.3 Å². The number of benzene rings is 1. The molecule has 0 radical (unpaired) electrons. The summed E-state index contributed by atoms with van der Waals surface area (Å²) >= 11 is 0. The molecular formula is C12H17FN4O3. The van der Waals surface area contributed by atoms with Crippen LogP contribution in [0.4, 0.5) is 15.8 Å². The first-order valence-electron chi connectivity index (χ1n) is 6.09. The Kier molecular flexibility index (Phi) is 4.98. The van der Waals surface area contributed by atoms with E-state index in [9.17, 15) is 19.3 Å². The lowest BCUT2D eigenvalue weighted by atomic mass is 10.1. The number of hydrogen-bond acceptors (Lipinski definition) is 5. The third kappa shape index (κ3) is 3.02. The Morgan fingerprint density at radius 3 is 2.55 bits per heavy atom. The fourth-order valence-corrected chi connectivity index (χ4v) is 1.89. The SMILES string of the molecule is CCN(C(=O)c1cc(NN)c(F)cc1[N+](=O)[O-])C(C)C. The number of nitrogens with zero attached hydrogens (tertiary/aromatic N) is 2. The van der Waals surface area contributed by atoms with Crippen molar-refractivity contribution in [1.82, 2.24) is 4.90 Å². The topological polar surface area (TPSA) is 102 Å². The van der Waals surface area contributed by atoms with Gasteiger partial charge in [-0.25, -0.2) is 4.39 Å². The summed E-state index contributed by atoms with van der Waals surface area (Å²) in [6.07, 6.45) is 0. The van der Waals surface area contributed by atoms with Crippen LogP contribution in [0.15, 0.2) is 12.1 Å². The molecule has 0 bridgehead atoms. The number of hydrogen-bond donors (Lipinski definition) is 2. The van der Waals surface area contributed by atoms with E-state index in [4.69, 9.17) is 5.84 Å². The Morgan fingerprint density at radius 1 is 1.55 bits per heavy atom. The number of nitrogens with one attached hydrogen (secondary N) is 1. The summed E-state index contributed by atoms with van der Waals surface area (Å²) in [4.78, 5) is 24.0. The third-order valence-corrected chi connectivity index (χ3v) is 2.89. The van der Waals surface area contributed by atoms with Crippen LogP contribution >= 0.6 is 0 Å². The molecule has 1 amide bonds. The molecule has 0 aliphatic heterocycles. The van der Waals surface area contributed by atoms with Gasteiger partial charge in [-0.3, -0.25) is 20.8 Å². The monoisotopic (exact) mass is 284 g/mol. The normalized spacial score (nSPS) is 10.5. The summed E-state index contributed by atoms with van der Waals surface area (Å²) in [6, 6.07) is 1.61. The zero-order valence-corrected chi connectivity index (χ0v) is 11.5. The van der Waals surface area contributed by atoms with Gasteiger partial charge in [0.25, 0.3) is 11.6 Å². The van der Waals surface area contributed by atoms with Gasteiger partial charge >= 0.3 is 0 Å². The molecule has 110 valence electrons. The summed E-state index contributed by atoms with van der Waals surface area (Å²) in [5, 5.41) is 11.0. The number of anilines is 1. The average Bonchev–Trinajstić information content (AvgIpc) is 2.38. The van der Waals surface area contributed by atoms with Gasteiger partial charge in [-0.1, -0.05) is 0 Å². The molecule has 7 nitrogen and oxygen atoms in total. The van der Waals surface area contributed by atoms with Crippen LogP contribution in [0.3, 0.4) is 0 Å². The summed E-state index contributed by atoms with van der Waals surface area (Å²) in [7, 11) is 0. The molecule has 20 heavy (non-hydrogen) atoms. The molecule has 0 fully saturated rings. The number of nitro benzene ring substituents is 1. The van der Waals surface area contributed by atoms with Crippen LogP contribution in [0.5, 0.6) is 0 Å². The molecule has 8 heteroatoms. The van der Waals surface area contributed by atoms with Crippen molar-refractivity contribution < 1.29 is 14.1 Å². The summed E-state index contributed by atoms with van der Waals surface area (Å²) in [5.41, 5.74) is 1.13. The fourth-order valence-electron chi connectivity index (χ4n) is 1.89. The lowest BCUT2D eigenvalue weighted by Gasteiger charge is -2.25. The van der Waals surface area contributed by atoms with Gasteiger partial charge in [-0.2, -0.15) is 0 Å². The lowest BCUT2D eigenvalue weighted by molar-refractivity contribution is -0.385. The van der Waals surface area contributed by atoms with E-state index in [2.05, 4.69) is 5.43 Å². The summed E-state index contributed by atoms with van der Waals surface area (Å²) in [5.74, 6) is 3.71. The van der Waals surface area contributed by atoms with E-state index in [-0.39, 0.29) is 17.3 Å². The van der Waals surface area contributed by atoms with E-state index in [0.717, 1.165) is 6.07 Å². The minimum absolute atomic E-state index is 0.133. The summed E-state index contributed by atoms with van der Waals surface area (Å²) in [6.45, 7) is 5.73. The molecule has 0 aromatic heterocycles. The maximum atomic E-state index is 13.5. The van der Waals surface area contributed by atoms with E-state index in [0.29, 0.717) is 12.6 Å². The van der Waals surface area contributed by atoms with E-state index in [1.165, 1.54) is 4.90 Å². The first-order valence-corrected chi connectivity index (χ1v) is 6.09. The van der Waals surface area contributed by atoms with Crippen molar-refractivity contribution in [2.24, 2.45) is 5.84 Å². The van der Waals surface area contributed by atoms with Gasteiger partial charge in [0.15, 0.2) is 5.82 Å². The molecule has 1 aromatic rings. The average molecular weight is 284 g/mol. The molecule has 0 spiro atoms. The number of nitro groups is 1. The molecule has 1 aromatic carbocycles. The fraction of sp³-hybridized carbons (Fsp3) is 0.417. The highest BCUT2D eigenvalue weighted by molar-refractivity contribution is 5.99. The van der Waals surface area contributed by atoms with Crippen LogP contribution < -0.4 is 11.3 Å². The first kappa shape index (κ1) is 15.8. The van der Waals surface area contributed by atoms with Crippen LogP contribution in [-0.2, 0) is 0 Å². The number of carbonyl (C=O) groups is 1. The van der Waals surface area contributed by atoms with Gasteiger partial charge in [0.2, 0.25) is 0 Å². The molecule has 1 rings (SSSR count). The number of hydrazine groups is 1. The largest absolute Gasteiger partial charge is 0.336 e. The minimum atomic E-state index is -0.886. The predicted octanol–water partition coefficient (Wildman–Crippen LogP) is 1.89. The number of nitrogens with two attached hydrogens (primary N) is 1. The van der Waals surface area contributed by atoms with Crippen LogP contribution in [0.25, 0.3) is 0 Å². The Hall–Kier alpha value is -2.22. The van der Waals surface area contributed by atoms with Crippen LogP contribution in [0, 0.1) is 15.9 Å². The highest BCUT2D eigenvalue weighted by atomic mass is 19.1. The number of amides is 1. The maximum absolute atomic E-state index is 13.5. The van der Waals surface area contributed by atoms with Crippen molar-refractivity contribution in [3.05, 3.63) is 33.6 Å². The molecule has 0 saturated carbocycles. The van der Waals surface area contributed by atoms with Crippen molar-refractivity contribution in [2.45, 2.75) is 26.8 Å². The van der Waals surface area contributed by atoms with Gasteiger partial charge in [0, 0.05) is 12.6 Å². The number of carbonyl (C=O) groups excluding carboxylic acids is 1. The molecule has 0 atom stereocenters. The first-order chi connectivity index (χ1) is 9.33. The predicted molar refractivity (Wildman–Crippen MR) is 72.7 cm³/mol. The van der Waals surface area contributed by atoms with Crippen molar-refractivity contribution in [3.63, 3.8) is 0 Å². The third-order valence-electron chi connectivity index (χ3n) is 2.89. The van der Waals surface area contributed by atoms with Crippen LogP contribution in [-0.4, -0.2) is 28.3 Å². The molecule has 0 unspecified atom stereocenters. The Balaban J connectivity index is 3.41. The highest BCUT2D eigenvalue weighted by Gasteiger charge is 2.27. The lowest BCUT2D eigenvalue weighted by Crippen LogP contribution is -2.37. The van der Waals surface area contributed by atoms with Crippen molar-refractivity contribution >= 4 is 17.3 Å². The van der Waals surface area contributed by atoms with E-state index in [1.54, 1.807) is 20.8 Å². The van der Waals surface area contributed by atoms with Crippen molar-refractivity contribution in [3.8, 4) is 0 Å². The molecular weight excluding hydrogens is 267 g/mol. The maximum Gasteiger partial charge on any atom is 0.285 e. The number of rotatable bonds is 5. The Bertz CT molecular complexity index is 534.